The van der Waals surface area contributed by atoms with Gasteiger partial charge in [-0.3, -0.25) is 19.3 Å². The van der Waals surface area contributed by atoms with Gasteiger partial charge in [0.2, 0.25) is 5.91 Å². The Balaban J connectivity index is 1.50. The van der Waals surface area contributed by atoms with Gasteiger partial charge in [0.25, 0.3) is 11.1 Å². The van der Waals surface area contributed by atoms with Crippen LogP contribution in [0.25, 0.3) is 6.08 Å². The molecule has 32 heavy (non-hydrogen) atoms. The maximum Gasteiger partial charge on any atom is 0.416 e. The Kier molecular flexibility index (Phi) is 7.24. The summed E-state index contributed by atoms with van der Waals surface area (Å²) in [6, 6.07) is 11.1. The summed E-state index contributed by atoms with van der Waals surface area (Å²) in [5.41, 5.74) is 0.168. The molecule has 3 amide bonds. The van der Waals surface area contributed by atoms with Gasteiger partial charge >= 0.3 is 6.18 Å². The number of hydrogen-bond donors (Lipinski definition) is 1. The molecule has 0 saturated carbocycles. The molecule has 0 radical (unpaired) electrons. The number of hydrogen-bond acceptors (Lipinski definition) is 5. The first kappa shape index (κ1) is 23.4. The van der Waals surface area contributed by atoms with Crippen LogP contribution in [0.4, 0.5) is 23.7 Å². The molecule has 168 valence electrons. The van der Waals surface area contributed by atoms with E-state index in [2.05, 4.69) is 5.32 Å². The van der Waals surface area contributed by atoms with Crippen LogP contribution in [0.5, 0.6) is 5.75 Å². The van der Waals surface area contributed by atoms with Crippen LogP contribution in [-0.2, 0) is 15.8 Å². The largest absolute Gasteiger partial charge is 0.497 e. The van der Waals surface area contributed by atoms with Crippen LogP contribution < -0.4 is 10.1 Å². The molecule has 1 N–H and O–H groups in total. The number of nitrogens with one attached hydrogen (secondary N) is 1. The van der Waals surface area contributed by atoms with Gasteiger partial charge in [0.1, 0.15) is 5.75 Å². The molecular formula is C22H19F3N2O4S. The molecule has 0 spiro atoms. The summed E-state index contributed by atoms with van der Waals surface area (Å²) in [5, 5.41) is 2.08. The lowest BCUT2D eigenvalue weighted by Gasteiger charge is -2.12. The van der Waals surface area contributed by atoms with Crippen molar-refractivity contribution in [3.8, 4) is 5.75 Å². The number of ether oxygens (including phenoxy) is 1. The van der Waals surface area contributed by atoms with Crippen molar-refractivity contribution in [1.29, 1.82) is 0 Å². The second kappa shape index (κ2) is 9.90. The number of nitrogens with zero attached hydrogens (tertiary/aromatic N) is 1. The van der Waals surface area contributed by atoms with Gasteiger partial charge in [0.05, 0.1) is 17.6 Å². The Morgan fingerprint density at radius 2 is 1.75 bits per heavy atom. The van der Waals surface area contributed by atoms with Gasteiger partial charge in [-0.05, 0) is 66.2 Å². The lowest BCUT2D eigenvalue weighted by atomic mass is 10.2. The third-order valence-electron chi connectivity index (χ3n) is 4.57. The van der Waals surface area contributed by atoms with Gasteiger partial charge in [-0.1, -0.05) is 12.1 Å². The summed E-state index contributed by atoms with van der Waals surface area (Å²) in [6.45, 7) is 0.0606. The van der Waals surface area contributed by atoms with Crippen LogP contribution >= 0.6 is 11.8 Å². The van der Waals surface area contributed by atoms with Gasteiger partial charge in [-0.2, -0.15) is 13.2 Å². The summed E-state index contributed by atoms with van der Waals surface area (Å²) >= 11 is 0.826. The Morgan fingerprint density at radius 1 is 1.09 bits per heavy atom. The van der Waals surface area contributed by atoms with E-state index in [1.54, 1.807) is 37.5 Å². The molecule has 10 heteroatoms. The predicted octanol–water partition coefficient (Wildman–Crippen LogP) is 5.17. The van der Waals surface area contributed by atoms with Crippen LogP contribution in [0.1, 0.15) is 24.0 Å². The number of methoxy groups -OCH3 is 1. The van der Waals surface area contributed by atoms with E-state index in [-0.39, 0.29) is 30.0 Å². The average Bonchev–Trinajstić information content (AvgIpc) is 3.01. The number of imide groups is 1. The quantitative estimate of drug-likeness (QED) is 0.573. The molecular weight excluding hydrogens is 445 g/mol. The molecule has 2 aromatic carbocycles. The second-order valence-corrected chi connectivity index (χ2v) is 7.83. The smallest absolute Gasteiger partial charge is 0.416 e. The summed E-state index contributed by atoms with van der Waals surface area (Å²) in [7, 11) is 1.55. The summed E-state index contributed by atoms with van der Waals surface area (Å²) in [6.07, 6.45) is -2.61. The van der Waals surface area contributed by atoms with Crippen molar-refractivity contribution >= 4 is 40.6 Å². The highest BCUT2D eigenvalue weighted by Gasteiger charge is 2.34. The van der Waals surface area contributed by atoms with Crippen molar-refractivity contribution < 1.29 is 32.3 Å². The van der Waals surface area contributed by atoms with E-state index >= 15 is 0 Å². The first-order chi connectivity index (χ1) is 15.2. The van der Waals surface area contributed by atoms with Gasteiger partial charge in [-0.25, -0.2) is 0 Å². The zero-order valence-electron chi connectivity index (χ0n) is 16.9. The Labute approximate surface area is 186 Å². The standard InChI is InChI=1S/C22H19F3N2O4S/c1-31-17-10-4-14(5-11-17)13-18-20(29)27(21(30)32-18)12-2-3-19(28)26-16-8-6-15(7-9-16)22(23,24)25/h4-11,13H,2-3,12H2,1H3,(H,26,28). The number of carbonyl (C=O) groups excluding carboxylic acids is 3. The van der Waals surface area contributed by atoms with Gasteiger partial charge in [0, 0.05) is 18.7 Å². The molecule has 1 heterocycles. The molecule has 1 fully saturated rings. The summed E-state index contributed by atoms with van der Waals surface area (Å²) < 4.78 is 42.8. The molecule has 0 aromatic heterocycles. The molecule has 0 aliphatic carbocycles. The molecule has 0 bridgehead atoms. The highest BCUT2D eigenvalue weighted by Crippen LogP contribution is 2.33. The van der Waals surface area contributed by atoms with Gasteiger partial charge < -0.3 is 10.1 Å². The van der Waals surface area contributed by atoms with Crippen LogP contribution in [-0.4, -0.2) is 35.6 Å². The number of alkyl halides is 3. The van der Waals surface area contributed by atoms with Crippen LogP contribution in [0.3, 0.4) is 0 Å². The first-order valence-electron chi connectivity index (χ1n) is 9.54. The highest BCUT2D eigenvalue weighted by atomic mass is 32.2. The minimum absolute atomic E-state index is 0.000274. The van der Waals surface area contributed by atoms with E-state index in [1.165, 1.54) is 12.1 Å². The third-order valence-corrected chi connectivity index (χ3v) is 5.48. The molecule has 0 atom stereocenters. The normalized spacial score (nSPS) is 15.4. The lowest BCUT2D eigenvalue weighted by molar-refractivity contribution is -0.137. The number of anilines is 1. The maximum absolute atomic E-state index is 12.6. The molecule has 6 nitrogen and oxygen atoms in total. The van der Waals surface area contributed by atoms with Crippen molar-refractivity contribution in [2.24, 2.45) is 0 Å². The van der Waals surface area contributed by atoms with E-state index in [4.69, 9.17) is 4.74 Å². The maximum atomic E-state index is 12.6. The Bertz CT molecular complexity index is 1030. The number of halogens is 3. The molecule has 1 aliphatic rings. The SMILES string of the molecule is COc1ccc(C=C2SC(=O)N(CCCC(=O)Nc3ccc(C(F)(F)F)cc3)C2=O)cc1. The average molecular weight is 464 g/mol. The predicted molar refractivity (Wildman–Crippen MR) is 115 cm³/mol. The minimum atomic E-state index is -4.45. The summed E-state index contributed by atoms with van der Waals surface area (Å²) in [4.78, 5) is 38.1. The Morgan fingerprint density at radius 3 is 2.34 bits per heavy atom. The zero-order chi connectivity index (χ0) is 23.3. The van der Waals surface area contributed by atoms with E-state index in [9.17, 15) is 27.6 Å². The number of amides is 3. The molecule has 1 aliphatic heterocycles. The monoisotopic (exact) mass is 464 g/mol. The van der Waals surface area contributed by atoms with Crippen molar-refractivity contribution in [2.45, 2.75) is 19.0 Å². The zero-order valence-corrected chi connectivity index (χ0v) is 17.8. The number of benzene rings is 2. The fraction of sp³-hybridized carbons (Fsp3) is 0.227. The topological polar surface area (TPSA) is 75.7 Å². The Hall–Kier alpha value is -3.27. The summed E-state index contributed by atoms with van der Waals surface area (Å²) in [5.74, 6) is -0.186. The molecule has 0 unspecified atom stereocenters. The van der Waals surface area contributed by atoms with E-state index in [1.807, 2.05) is 0 Å². The van der Waals surface area contributed by atoms with Crippen LogP contribution in [0.15, 0.2) is 53.4 Å². The van der Waals surface area contributed by atoms with Crippen molar-refractivity contribution in [3.05, 3.63) is 64.6 Å². The minimum Gasteiger partial charge on any atom is -0.497 e. The molecule has 2 aromatic rings. The second-order valence-electron chi connectivity index (χ2n) is 6.83. The lowest BCUT2D eigenvalue weighted by Crippen LogP contribution is -2.29. The third kappa shape index (κ3) is 5.91. The number of carbonyl (C=O) groups is 3. The van der Waals surface area contributed by atoms with Crippen molar-refractivity contribution in [1.82, 2.24) is 4.90 Å². The number of thioether (sulfide) groups is 1. The van der Waals surface area contributed by atoms with E-state index in [0.717, 1.165) is 34.4 Å². The van der Waals surface area contributed by atoms with Crippen molar-refractivity contribution in [2.75, 3.05) is 19.0 Å². The molecule has 1 saturated heterocycles. The van der Waals surface area contributed by atoms with Crippen molar-refractivity contribution in [3.63, 3.8) is 0 Å². The fourth-order valence-corrected chi connectivity index (χ4v) is 3.77. The van der Waals surface area contributed by atoms with Crippen LogP contribution in [0, 0.1) is 0 Å². The highest BCUT2D eigenvalue weighted by molar-refractivity contribution is 8.18. The van der Waals surface area contributed by atoms with Gasteiger partial charge in [-0.15, -0.1) is 0 Å². The number of rotatable bonds is 7. The van der Waals surface area contributed by atoms with E-state index < -0.39 is 28.8 Å². The first-order valence-corrected chi connectivity index (χ1v) is 10.4. The van der Waals surface area contributed by atoms with E-state index in [0.29, 0.717) is 5.75 Å². The molecule has 3 rings (SSSR count). The van der Waals surface area contributed by atoms with Gasteiger partial charge in [0.15, 0.2) is 0 Å². The van der Waals surface area contributed by atoms with Crippen LogP contribution in [0.2, 0.25) is 0 Å². The fourth-order valence-electron chi connectivity index (χ4n) is 2.91.